The molecule has 1 aromatic heterocycles. The molecule has 0 saturated heterocycles. The predicted molar refractivity (Wildman–Crippen MR) is 77.3 cm³/mol. The molecular formula is C12H12Cl2N4O2. The van der Waals surface area contributed by atoms with Gasteiger partial charge in [-0.05, 0) is 36.7 Å². The zero-order chi connectivity index (χ0) is 14.5. The Morgan fingerprint density at radius 1 is 1.20 bits per heavy atom. The molecule has 0 saturated carbocycles. The lowest BCUT2D eigenvalue weighted by molar-refractivity contribution is 0.312. The van der Waals surface area contributed by atoms with E-state index in [2.05, 4.69) is 20.3 Å². The first kappa shape index (κ1) is 14.6. The number of methoxy groups -OCH3 is 1. The number of halogens is 2. The van der Waals surface area contributed by atoms with E-state index in [1.165, 1.54) is 0 Å². The monoisotopic (exact) mass is 314 g/mol. The second-order valence-corrected chi connectivity index (χ2v) is 4.39. The number of benzene rings is 1. The van der Waals surface area contributed by atoms with Gasteiger partial charge in [-0.2, -0.15) is 15.0 Å². The molecule has 6 nitrogen and oxygen atoms in total. The van der Waals surface area contributed by atoms with Gasteiger partial charge in [-0.3, -0.25) is 0 Å². The van der Waals surface area contributed by atoms with E-state index in [-0.39, 0.29) is 17.2 Å². The summed E-state index contributed by atoms with van der Waals surface area (Å²) < 4.78 is 10.4. The predicted octanol–water partition coefficient (Wildman–Crippen LogP) is 3.33. The second kappa shape index (κ2) is 6.58. The number of nitrogens with zero attached hydrogens (tertiary/aromatic N) is 3. The zero-order valence-corrected chi connectivity index (χ0v) is 12.4. The van der Waals surface area contributed by atoms with Crippen molar-refractivity contribution >= 4 is 34.8 Å². The fraction of sp³-hybridized carbons (Fsp3) is 0.250. The Bertz CT molecular complexity index is 610. The van der Waals surface area contributed by atoms with Crippen molar-refractivity contribution in [3.05, 3.63) is 28.5 Å². The molecule has 0 aliphatic rings. The van der Waals surface area contributed by atoms with Crippen molar-refractivity contribution in [2.75, 3.05) is 19.0 Å². The highest BCUT2D eigenvalue weighted by atomic mass is 35.5. The highest BCUT2D eigenvalue weighted by Gasteiger charge is 2.09. The number of anilines is 2. The van der Waals surface area contributed by atoms with Crippen LogP contribution in [0.2, 0.25) is 10.3 Å². The Morgan fingerprint density at radius 3 is 2.70 bits per heavy atom. The Morgan fingerprint density at radius 2 is 2.00 bits per heavy atom. The molecule has 106 valence electrons. The minimum Gasteiger partial charge on any atom is -0.495 e. The third-order valence-electron chi connectivity index (χ3n) is 2.27. The quantitative estimate of drug-likeness (QED) is 0.913. The van der Waals surface area contributed by atoms with Crippen molar-refractivity contribution in [2.24, 2.45) is 0 Å². The lowest BCUT2D eigenvalue weighted by Gasteiger charge is -2.11. The van der Waals surface area contributed by atoms with E-state index in [0.717, 1.165) is 0 Å². The highest BCUT2D eigenvalue weighted by Crippen LogP contribution is 2.29. The van der Waals surface area contributed by atoms with Gasteiger partial charge in [0.1, 0.15) is 5.75 Å². The van der Waals surface area contributed by atoms with Crippen molar-refractivity contribution in [3.8, 4) is 11.8 Å². The van der Waals surface area contributed by atoms with Crippen LogP contribution in [0.1, 0.15) is 6.92 Å². The second-order valence-electron chi connectivity index (χ2n) is 3.61. The van der Waals surface area contributed by atoms with Gasteiger partial charge in [0.15, 0.2) is 0 Å². The standard InChI is InChI=1S/C12H12Cl2N4O2/c1-3-20-12-17-10(14)16-11(18-12)15-8-6-7(13)4-5-9(8)19-2/h4-6H,3H2,1-2H3,(H,15,16,17,18). The molecule has 0 aliphatic heterocycles. The first-order chi connectivity index (χ1) is 9.62. The molecule has 1 N–H and O–H groups in total. The van der Waals surface area contributed by atoms with Gasteiger partial charge < -0.3 is 14.8 Å². The van der Waals surface area contributed by atoms with E-state index in [0.29, 0.717) is 23.1 Å². The minimum absolute atomic E-state index is 0.0342. The molecule has 0 aliphatic carbocycles. The Balaban J connectivity index is 2.31. The van der Waals surface area contributed by atoms with E-state index in [4.69, 9.17) is 32.7 Å². The molecule has 0 atom stereocenters. The van der Waals surface area contributed by atoms with Gasteiger partial charge in [0, 0.05) is 5.02 Å². The molecule has 2 aromatic rings. The third kappa shape index (κ3) is 3.61. The Kier molecular flexibility index (Phi) is 4.81. The van der Waals surface area contributed by atoms with Crippen LogP contribution in [0.25, 0.3) is 0 Å². The largest absolute Gasteiger partial charge is 0.495 e. The smallest absolute Gasteiger partial charge is 0.322 e. The summed E-state index contributed by atoms with van der Waals surface area (Å²) in [5.74, 6) is 0.845. The molecule has 0 spiro atoms. The number of hydrogen-bond donors (Lipinski definition) is 1. The summed E-state index contributed by atoms with van der Waals surface area (Å²) in [6.07, 6.45) is 0. The van der Waals surface area contributed by atoms with Crippen LogP contribution in [0.3, 0.4) is 0 Å². The molecule has 1 heterocycles. The van der Waals surface area contributed by atoms with Crippen LogP contribution in [0, 0.1) is 0 Å². The highest BCUT2D eigenvalue weighted by molar-refractivity contribution is 6.31. The third-order valence-corrected chi connectivity index (χ3v) is 2.67. The molecule has 2 rings (SSSR count). The number of hydrogen-bond acceptors (Lipinski definition) is 6. The lowest BCUT2D eigenvalue weighted by atomic mass is 10.3. The topological polar surface area (TPSA) is 69.2 Å². The fourth-order valence-corrected chi connectivity index (χ4v) is 1.80. The lowest BCUT2D eigenvalue weighted by Crippen LogP contribution is -2.04. The Hall–Kier alpha value is -1.79. The molecule has 0 fully saturated rings. The molecule has 20 heavy (non-hydrogen) atoms. The van der Waals surface area contributed by atoms with E-state index in [1.54, 1.807) is 25.3 Å². The molecule has 0 radical (unpaired) electrons. The average molecular weight is 315 g/mol. The number of aromatic nitrogens is 3. The summed E-state index contributed by atoms with van der Waals surface area (Å²) in [5, 5.41) is 3.56. The van der Waals surface area contributed by atoms with Crippen LogP contribution in [0.15, 0.2) is 18.2 Å². The minimum atomic E-state index is 0.0342. The SMILES string of the molecule is CCOc1nc(Cl)nc(Nc2cc(Cl)ccc2OC)n1. The first-order valence-electron chi connectivity index (χ1n) is 5.77. The van der Waals surface area contributed by atoms with E-state index in [9.17, 15) is 0 Å². The molecular weight excluding hydrogens is 303 g/mol. The van der Waals surface area contributed by atoms with Gasteiger partial charge in [-0.15, -0.1) is 0 Å². The van der Waals surface area contributed by atoms with E-state index < -0.39 is 0 Å². The summed E-state index contributed by atoms with van der Waals surface area (Å²) in [7, 11) is 1.56. The molecule has 0 unspecified atom stereocenters. The fourth-order valence-electron chi connectivity index (χ4n) is 1.48. The molecule has 1 aromatic carbocycles. The summed E-state index contributed by atoms with van der Waals surface area (Å²) in [4.78, 5) is 11.9. The Labute approximate surface area is 126 Å². The molecule has 0 bridgehead atoms. The van der Waals surface area contributed by atoms with Crippen LogP contribution in [-0.2, 0) is 0 Å². The number of nitrogens with one attached hydrogen (secondary N) is 1. The van der Waals surface area contributed by atoms with E-state index >= 15 is 0 Å². The zero-order valence-electron chi connectivity index (χ0n) is 10.9. The van der Waals surface area contributed by atoms with Gasteiger partial charge in [0.05, 0.1) is 19.4 Å². The van der Waals surface area contributed by atoms with Gasteiger partial charge in [-0.25, -0.2) is 0 Å². The van der Waals surface area contributed by atoms with Crippen molar-refractivity contribution in [1.82, 2.24) is 15.0 Å². The van der Waals surface area contributed by atoms with Crippen molar-refractivity contribution < 1.29 is 9.47 Å². The maximum Gasteiger partial charge on any atom is 0.322 e. The van der Waals surface area contributed by atoms with Crippen molar-refractivity contribution in [3.63, 3.8) is 0 Å². The molecule has 0 amide bonds. The normalized spacial score (nSPS) is 10.2. The van der Waals surface area contributed by atoms with Crippen molar-refractivity contribution in [2.45, 2.75) is 6.92 Å². The van der Waals surface area contributed by atoms with Gasteiger partial charge in [-0.1, -0.05) is 11.6 Å². The summed E-state index contributed by atoms with van der Waals surface area (Å²) in [6, 6.07) is 5.29. The molecule has 8 heteroatoms. The maximum atomic E-state index is 5.95. The number of ether oxygens (including phenoxy) is 2. The van der Waals surface area contributed by atoms with Crippen LogP contribution in [-0.4, -0.2) is 28.7 Å². The van der Waals surface area contributed by atoms with Crippen LogP contribution < -0.4 is 14.8 Å². The van der Waals surface area contributed by atoms with Crippen LogP contribution in [0.5, 0.6) is 11.8 Å². The average Bonchev–Trinajstić information content (AvgIpc) is 2.38. The van der Waals surface area contributed by atoms with Crippen LogP contribution in [0.4, 0.5) is 11.6 Å². The van der Waals surface area contributed by atoms with Crippen LogP contribution >= 0.6 is 23.2 Å². The van der Waals surface area contributed by atoms with Gasteiger partial charge >= 0.3 is 6.01 Å². The first-order valence-corrected chi connectivity index (χ1v) is 6.53. The van der Waals surface area contributed by atoms with Gasteiger partial charge in [0.2, 0.25) is 11.2 Å². The number of rotatable bonds is 5. The maximum absolute atomic E-state index is 5.95. The summed E-state index contributed by atoms with van der Waals surface area (Å²) >= 11 is 11.8. The van der Waals surface area contributed by atoms with Crippen molar-refractivity contribution in [1.29, 1.82) is 0 Å². The summed E-state index contributed by atoms with van der Waals surface area (Å²) in [6.45, 7) is 2.26. The summed E-state index contributed by atoms with van der Waals surface area (Å²) in [5.41, 5.74) is 0.615. The van der Waals surface area contributed by atoms with E-state index in [1.807, 2.05) is 6.92 Å². The van der Waals surface area contributed by atoms with Gasteiger partial charge in [0.25, 0.3) is 0 Å².